The van der Waals surface area contributed by atoms with Crippen LogP contribution in [0.1, 0.15) is 35.1 Å². The van der Waals surface area contributed by atoms with Gasteiger partial charge in [-0.05, 0) is 47.7 Å². The van der Waals surface area contributed by atoms with Crippen LogP contribution in [0.25, 0.3) is 0 Å². The molecule has 0 fully saturated rings. The fourth-order valence-corrected chi connectivity index (χ4v) is 4.73. The summed E-state index contributed by atoms with van der Waals surface area (Å²) >= 11 is 0. The fourth-order valence-electron chi connectivity index (χ4n) is 4.73. The quantitative estimate of drug-likeness (QED) is 0.443. The first-order valence-corrected chi connectivity index (χ1v) is 10.9. The average molecular weight is 410 g/mol. The molecule has 5 rings (SSSR count). The minimum absolute atomic E-state index is 0.194. The van der Waals surface area contributed by atoms with Crippen molar-refractivity contribution in [3.05, 3.63) is 114 Å². The normalized spacial score (nSPS) is 21.0. The van der Waals surface area contributed by atoms with E-state index >= 15 is 0 Å². The molecule has 3 aromatic rings. The van der Waals surface area contributed by atoms with Crippen molar-refractivity contribution in [1.82, 2.24) is 0 Å². The molecule has 0 spiro atoms. The maximum atomic E-state index is 6.29. The highest BCUT2D eigenvalue weighted by Gasteiger charge is 2.39. The lowest BCUT2D eigenvalue weighted by atomic mass is 9.77. The first kappa shape index (κ1) is 19.5. The molecule has 3 unspecified atom stereocenters. The lowest BCUT2D eigenvalue weighted by molar-refractivity contribution is 0.296. The number of benzene rings is 3. The van der Waals surface area contributed by atoms with E-state index in [4.69, 9.17) is 9.47 Å². The van der Waals surface area contributed by atoms with E-state index in [1.54, 1.807) is 6.08 Å². The van der Waals surface area contributed by atoms with Crippen LogP contribution in [0, 0.1) is 5.92 Å². The molecule has 3 aromatic carbocycles. The molecule has 0 saturated heterocycles. The highest BCUT2D eigenvalue weighted by molar-refractivity contribution is 5.62. The van der Waals surface area contributed by atoms with Gasteiger partial charge in [-0.25, -0.2) is 0 Å². The van der Waals surface area contributed by atoms with Gasteiger partial charge in [-0.15, -0.1) is 0 Å². The third kappa shape index (κ3) is 3.96. The van der Waals surface area contributed by atoms with E-state index in [9.17, 15) is 0 Å². The molecular formula is C28H27NO2. The van der Waals surface area contributed by atoms with Gasteiger partial charge in [0.15, 0.2) is 0 Å². The molecule has 3 heteroatoms. The number of para-hydroxylation sites is 1. The lowest BCUT2D eigenvalue weighted by Gasteiger charge is -2.38. The van der Waals surface area contributed by atoms with Crippen molar-refractivity contribution in [3.63, 3.8) is 0 Å². The Morgan fingerprint density at radius 1 is 0.935 bits per heavy atom. The minimum Gasteiger partial charge on any atom is -0.490 e. The molecule has 1 aliphatic heterocycles. The standard InChI is InChI=1S/C28H27NO2/c1-2-17-30-21-15-16-26-25(18-21)22-12-8-13-23(22)28(29-26)24-11-6-7-14-27(24)31-19-20-9-4-3-5-10-20/h2-12,14-16,18,22-23,28-29H,1,13,17,19H2. The summed E-state index contributed by atoms with van der Waals surface area (Å²) in [5.74, 6) is 2.66. The van der Waals surface area contributed by atoms with Gasteiger partial charge in [-0.2, -0.15) is 0 Å². The molecule has 1 aliphatic carbocycles. The topological polar surface area (TPSA) is 30.5 Å². The van der Waals surface area contributed by atoms with E-state index in [1.165, 1.54) is 22.4 Å². The fraction of sp³-hybridized carbons (Fsp3) is 0.214. The van der Waals surface area contributed by atoms with Crippen molar-refractivity contribution >= 4 is 5.69 Å². The minimum atomic E-state index is 0.194. The molecule has 0 aromatic heterocycles. The van der Waals surface area contributed by atoms with Crippen molar-refractivity contribution in [2.24, 2.45) is 5.92 Å². The molecule has 3 atom stereocenters. The van der Waals surface area contributed by atoms with E-state index in [2.05, 4.69) is 66.5 Å². The van der Waals surface area contributed by atoms with Gasteiger partial charge in [-0.1, -0.05) is 73.3 Å². The Morgan fingerprint density at radius 2 is 1.77 bits per heavy atom. The van der Waals surface area contributed by atoms with Crippen LogP contribution in [0.4, 0.5) is 5.69 Å². The van der Waals surface area contributed by atoms with Crippen molar-refractivity contribution in [3.8, 4) is 11.5 Å². The third-order valence-electron chi connectivity index (χ3n) is 6.19. The number of hydrogen-bond donors (Lipinski definition) is 1. The average Bonchev–Trinajstić information content (AvgIpc) is 3.32. The van der Waals surface area contributed by atoms with Gasteiger partial charge in [0.25, 0.3) is 0 Å². The zero-order valence-electron chi connectivity index (χ0n) is 17.5. The molecule has 0 saturated carbocycles. The van der Waals surface area contributed by atoms with Crippen LogP contribution >= 0.6 is 0 Å². The summed E-state index contributed by atoms with van der Waals surface area (Å²) < 4.78 is 12.1. The van der Waals surface area contributed by atoms with Gasteiger partial charge in [-0.3, -0.25) is 0 Å². The zero-order valence-corrected chi connectivity index (χ0v) is 17.5. The van der Waals surface area contributed by atoms with Crippen molar-refractivity contribution in [2.45, 2.75) is 25.0 Å². The number of hydrogen-bond acceptors (Lipinski definition) is 3. The van der Waals surface area contributed by atoms with Gasteiger partial charge in [0.2, 0.25) is 0 Å². The smallest absolute Gasteiger partial charge is 0.125 e. The van der Waals surface area contributed by atoms with Crippen LogP contribution in [0.2, 0.25) is 0 Å². The summed E-state index contributed by atoms with van der Waals surface area (Å²) in [4.78, 5) is 0. The molecule has 0 bridgehead atoms. The van der Waals surface area contributed by atoms with E-state index in [0.717, 1.165) is 17.9 Å². The number of allylic oxidation sites excluding steroid dienone is 2. The summed E-state index contributed by atoms with van der Waals surface area (Å²) in [6.07, 6.45) is 7.48. The van der Waals surface area contributed by atoms with Gasteiger partial charge in [0, 0.05) is 17.2 Å². The Labute approximate surface area is 184 Å². The molecule has 0 amide bonds. The van der Waals surface area contributed by atoms with E-state index < -0.39 is 0 Å². The number of ether oxygens (including phenoxy) is 2. The first-order valence-electron chi connectivity index (χ1n) is 10.9. The highest BCUT2D eigenvalue weighted by atomic mass is 16.5. The van der Waals surface area contributed by atoms with Gasteiger partial charge in [0.1, 0.15) is 24.7 Å². The second kappa shape index (κ2) is 8.73. The van der Waals surface area contributed by atoms with E-state index in [1.807, 2.05) is 30.3 Å². The molecule has 1 heterocycles. The SMILES string of the molecule is C=CCOc1ccc2c(c1)C1C=CCC1C(c1ccccc1OCc1ccccc1)N2. The number of fused-ring (bicyclic) bond motifs is 3. The van der Waals surface area contributed by atoms with Crippen molar-refractivity contribution < 1.29 is 9.47 Å². The van der Waals surface area contributed by atoms with Crippen LogP contribution in [0.5, 0.6) is 11.5 Å². The molecular weight excluding hydrogens is 382 g/mol. The summed E-state index contributed by atoms with van der Waals surface area (Å²) in [7, 11) is 0. The number of anilines is 1. The van der Waals surface area contributed by atoms with Crippen LogP contribution in [-0.2, 0) is 6.61 Å². The molecule has 31 heavy (non-hydrogen) atoms. The Bertz CT molecular complexity index is 1090. The maximum Gasteiger partial charge on any atom is 0.125 e. The molecule has 2 aliphatic rings. The Hall–Kier alpha value is -3.46. The number of nitrogens with one attached hydrogen (secondary N) is 1. The monoisotopic (exact) mass is 409 g/mol. The van der Waals surface area contributed by atoms with Crippen LogP contribution in [0.3, 0.4) is 0 Å². The Kier molecular flexibility index (Phi) is 5.49. The number of rotatable bonds is 7. The van der Waals surface area contributed by atoms with Crippen LogP contribution < -0.4 is 14.8 Å². The Balaban J connectivity index is 1.43. The lowest BCUT2D eigenvalue weighted by Crippen LogP contribution is -2.29. The predicted molar refractivity (Wildman–Crippen MR) is 126 cm³/mol. The maximum absolute atomic E-state index is 6.29. The van der Waals surface area contributed by atoms with Crippen molar-refractivity contribution in [2.75, 3.05) is 11.9 Å². The van der Waals surface area contributed by atoms with Gasteiger partial charge >= 0.3 is 0 Å². The second-order valence-corrected chi connectivity index (χ2v) is 8.14. The van der Waals surface area contributed by atoms with Crippen molar-refractivity contribution in [1.29, 1.82) is 0 Å². The summed E-state index contributed by atoms with van der Waals surface area (Å²) in [5, 5.41) is 3.81. The first-order chi connectivity index (χ1) is 15.3. The molecule has 156 valence electrons. The van der Waals surface area contributed by atoms with Gasteiger partial charge in [0.05, 0.1) is 6.04 Å². The predicted octanol–water partition coefficient (Wildman–Crippen LogP) is 6.66. The summed E-state index contributed by atoms with van der Waals surface area (Å²) in [5.41, 5.74) is 4.86. The molecule has 3 nitrogen and oxygen atoms in total. The zero-order chi connectivity index (χ0) is 21.0. The summed E-state index contributed by atoms with van der Waals surface area (Å²) in [6, 6.07) is 25.3. The van der Waals surface area contributed by atoms with Crippen LogP contribution in [-0.4, -0.2) is 6.61 Å². The largest absolute Gasteiger partial charge is 0.490 e. The van der Waals surface area contributed by atoms with Crippen LogP contribution in [0.15, 0.2) is 97.6 Å². The second-order valence-electron chi connectivity index (χ2n) is 8.14. The van der Waals surface area contributed by atoms with E-state index in [0.29, 0.717) is 25.0 Å². The highest BCUT2D eigenvalue weighted by Crippen LogP contribution is 2.51. The molecule has 1 N–H and O–H groups in total. The third-order valence-corrected chi connectivity index (χ3v) is 6.19. The summed E-state index contributed by atoms with van der Waals surface area (Å²) in [6.45, 7) is 4.83. The Morgan fingerprint density at radius 3 is 2.65 bits per heavy atom. The molecule has 0 radical (unpaired) electrons. The van der Waals surface area contributed by atoms with E-state index in [-0.39, 0.29) is 6.04 Å². The van der Waals surface area contributed by atoms with Gasteiger partial charge < -0.3 is 14.8 Å².